The van der Waals surface area contributed by atoms with Gasteiger partial charge in [0.1, 0.15) is 54.6 Å². The van der Waals surface area contributed by atoms with Gasteiger partial charge in [-0.25, -0.2) is 0 Å². The maximum atomic E-state index is 14.7. The van der Waals surface area contributed by atoms with E-state index in [4.69, 9.17) is 28.4 Å². The van der Waals surface area contributed by atoms with Crippen LogP contribution in [-0.4, -0.2) is 152 Å². The van der Waals surface area contributed by atoms with Crippen LogP contribution >= 0.6 is 0 Å². The van der Waals surface area contributed by atoms with Crippen LogP contribution in [0.1, 0.15) is 79.1 Å². The van der Waals surface area contributed by atoms with Crippen LogP contribution in [0.5, 0.6) is 0 Å². The van der Waals surface area contributed by atoms with Crippen LogP contribution in [-0.2, 0) is 33.2 Å². The molecule has 0 aromatic carbocycles. The van der Waals surface area contributed by atoms with Crippen molar-refractivity contribution in [2.24, 2.45) is 52.3 Å². The molecule has 0 bridgehead atoms. The van der Waals surface area contributed by atoms with E-state index < -0.39 is 103 Å². The molecule has 0 unspecified atom stereocenters. The molecule has 0 amide bonds. The first-order chi connectivity index (χ1) is 25.6. The summed E-state index contributed by atoms with van der Waals surface area (Å²) in [4.78, 5) is 14.7. The van der Waals surface area contributed by atoms with Crippen molar-refractivity contribution < 1.29 is 74.1 Å². The Bertz CT molecular complexity index is 1370. The molecule has 54 heavy (non-hydrogen) atoms. The van der Waals surface area contributed by atoms with Crippen molar-refractivity contribution >= 4 is 5.78 Å². The Labute approximate surface area is 316 Å². The summed E-state index contributed by atoms with van der Waals surface area (Å²) in [5, 5.41) is 83.5. The third-order valence-electron chi connectivity index (χ3n) is 16.1. The van der Waals surface area contributed by atoms with Crippen LogP contribution in [0.4, 0.5) is 0 Å². The fraction of sp³-hybridized carbons (Fsp3) is 0.974. The van der Waals surface area contributed by atoms with Crippen LogP contribution in [0.3, 0.4) is 0 Å². The van der Waals surface area contributed by atoms with Gasteiger partial charge in [-0.3, -0.25) is 4.79 Å². The number of fused-ring (bicyclic) bond motifs is 7. The van der Waals surface area contributed by atoms with Crippen LogP contribution < -0.4 is 0 Å². The first kappa shape index (κ1) is 39.9. The summed E-state index contributed by atoms with van der Waals surface area (Å²) in [6, 6.07) is 0. The zero-order valence-corrected chi connectivity index (χ0v) is 31.8. The van der Waals surface area contributed by atoms with Crippen molar-refractivity contribution in [1.82, 2.24) is 0 Å². The highest BCUT2D eigenvalue weighted by atomic mass is 16.7. The standard InChI is InChI=1S/C39H62O15/c1-16-5-8-39(49-15-16)17(2)28-24(54-39)11-21-19-10-23(51-36-34(48)32(46)30(44)26(14-41)53-36)22-9-18(50-35-33(47)31(45)29(43)25(13-40)52-35)6-7-37(22,3)20(19)12-27(42)38(21,28)4/h16-26,28-36,40-41,43-48H,5-15H2,1-4H3/t16-,17+,18+,19-,20+,21+,22-,23+,24+,25-,26-,28+,29-,30-,31+,32+,33-,34-,35-,36-,37-,38-,39-/m1/s1. The Kier molecular flexibility index (Phi) is 10.7. The smallest absolute Gasteiger partial charge is 0.186 e. The molecular weight excluding hydrogens is 708 g/mol. The van der Waals surface area contributed by atoms with E-state index in [2.05, 4.69) is 27.7 Å². The predicted molar refractivity (Wildman–Crippen MR) is 185 cm³/mol. The summed E-state index contributed by atoms with van der Waals surface area (Å²) in [6.07, 6.45) is -10.5. The maximum Gasteiger partial charge on any atom is 0.186 e. The average Bonchev–Trinajstić information content (AvgIpc) is 3.60. The van der Waals surface area contributed by atoms with Crippen LogP contribution in [0.15, 0.2) is 0 Å². The van der Waals surface area contributed by atoms with E-state index in [9.17, 15) is 45.6 Å². The first-order valence-electron chi connectivity index (χ1n) is 20.3. The summed E-state index contributed by atoms with van der Waals surface area (Å²) in [6.45, 7) is 8.17. The molecule has 4 aliphatic heterocycles. The van der Waals surface area contributed by atoms with E-state index in [-0.39, 0.29) is 47.4 Å². The number of ether oxygens (including phenoxy) is 6. The summed E-state index contributed by atoms with van der Waals surface area (Å²) < 4.78 is 37.9. The number of aliphatic hydroxyl groups is 8. The van der Waals surface area contributed by atoms with Gasteiger partial charge < -0.3 is 69.3 Å². The summed E-state index contributed by atoms with van der Waals surface area (Å²) in [5.41, 5.74) is -1.08. The minimum Gasteiger partial charge on any atom is -0.394 e. The molecule has 15 nitrogen and oxygen atoms in total. The maximum absolute atomic E-state index is 14.7. The lowest BCUT2D eigenvalue weighted by atomic mass is 9.43. The van der Waals surface area contributed by atoms with Crippen LogP contribution in [0.2, 0.25) is 0 Å². The van der Waals surface area contributed by atoms with E-state index in [0.717, 1.165) is 19.3 Å². The van der Waals surface area contributed by atoms with Crippen molar-refractivity contribution in [3.8, 4) is 0 Å². The average molecular weight is 771 g/mol. The number of aliphatic hydroxyl groups excluding tert-OH is 8. The molecule has 8 N–H and O–H groups in total. The van der Waals surface area contributed by atoms with E-state index in [0.29, 0.717) is 44.6 Å². The molecule has 308 valence electrons. The van der Waals surface area contributed by atoms with E-state index in [1.54, 1.807) is 0 Å². The van der Waals surface area contributed by atoms with Gasteiger partial charge in [-0.15, -0.1) is 0 Å². The third-order valence-corrected chi connectivity index (χ3v) is 16.1. The Morgan fingerprint density at radius 1 is 0.741 bits per heavy atom. The molecule has 8 aliphatic rings. The quantitative estimate of drug-likeness (QED) is 0.161. The number of hydrogen-bond acceptors (Lipinski definition) is 15. The largest absolute Gasteiger partial charge is 0.394 e. The normalized spacial score (nSPS) is 58.7. The number of hydrogen-bond donors (Lipinski definition) is 8. The van der Waals surface area contributed by atoms with Crippen LogP contribution in [0.25, 0.3) is 0 Å². The second kappa shape index (κ2) is 14.4. The molecule has 1 spiro atoms. The van der Waals surface area contributed by atoms with Crippen LogP contribution in [0, 0.1) is 52.3 Å². The number of ketones is 1. The molecule has 4 heterocycles. The molecule has 23 atom stereocenters. The number of carbonyl (C=O) groups excluding carboxylic acids is 1. The van der Waals surface area contributed by atoms with Crippen molar-refractivity contribution in [3.63, 3.8) is 0 Å². The lowest BCUT2D eigenvalue weighted by Crippen LogP contribution is -2.64. The number of rotatable bonds is 6. The number of Topliss-reactive ketones (excluding diaryl/α,β-unsaturated/α-hetero) is 1. The van der Waals surface area contributed by atoms with Gasteiger partial charge in [0.2, 0.25) is 0 Å². The highest BCUT2D eigenvalue weighted by molar-refractivity contribution is 5.87. The van der Waals surface area contributed by atoms with Crippen molar-refractivity contribution in [2.75, 3.05) is 19.8 Å². The van der Waals surface area contributed by atoms with Crippen molar-refractivity contribution in [2.45, 2.75) is 165 Å². The highest BCUT2D eigenvalue weighted by Gasteiger charge is 2.73. The minimum absolute atomic E-state index is 0.00220. The fourth-order valence-corrected chi connectivity index (χ4v) is 12.9. The van der Waals surface area contributed by atoms with E-state index >= 15 is 0 Å². The monoisotopic (exact) mass is 770 g/mol. The molecular formula is C39H62O15. The molecule has 0 aromatic rings. The third kappa shape index (κ3) is 6.01. The second-order valence-corrected chi connectivity index (χ2v) is 18.7. The molecule has 15 heteroatoms. The molecule has 8 rings (SSSR count). The summed E-state index contributed by atoms with van der Waals surface area (Å²) in [5.74, 6) is -0.123. The lowest BCUT2D eigenvalue weighted by molar-refractivity contribution is -0.334. The van der Waals surface area contributed by atoms with E-state index in [1.165, 1.54) is 0 Å². The van der Waals surface area contributed by atoms with Gasteiger partial charge in [0.25, 0.3) is 0 Å². The van der Waals surface area contributed by atoms with Gasteiger partial charge in [-0.1, -0.05) is 27.7 Å². The summed E-state index contributed by atoms with van der Waals surface area (Å²) in [7, 11) is 0. The van der Waals surface area contributed by atoms with Gasteiger partial charge in [0.05, 0.1) is 38.1 Å². The molecule has 0 radical (unpaired) electrons. The Balaban J connectivity index is 1.08. The van der Waals surface area contributed by atoms with Gasteiger partial charge in [-0.05, 0) is 73.5 Å². The summed E-state index contributed by atoms with van der Waals surface area (Å²) >= 11 is 0. The molecule has 0 aromatic heterocycles. The van der Waals surface area contributed by atoms with Gasteiger partial charge >= 0.3 is 0 Å². The molecule has 4 saturated heterocycles. The SMILES string of the molecule is C[C@@H]1CC[C@@]2(OC1)O[C@H]1C[C@H]3[C@@H]4C[C@H](O[C@@H]5O[C@H](CO)[C@@H](O)[C@H](O)[C@H]5O)[C@H]5C[C@@H](O[C@@H]6O[C@H](CO)[C@@H](O)[C@H](O)[C@H]6O)CC[C@]5(C)[C@H]4CC(=O)[C@]3(C)[C@H]1[C@@H]2C. The van der Waals surface area contributed by atoms with Crippen molar-refractivity contribution in [1.29, 1.82) is 0 Å². The number of carbonyl (C=O) groups is 1. The second-order valence-electron chi connectivity index (χ2n) is 18.7. The Hall–Kier alpha value is -0.890. The van der Waals surface area contributed by atoms with Gasteiger partial charge in [-0.2, -0.15) is 0 Å². The van der Waals surface area contributed by atoms with E-state index in [1.807, 2.05) is 0 Å². The molecule has 8 fully saturated rings. The lowest BCUT2D eigenvalue weighted by Gasteiger charge is -2.63. The predicted octanol–water partition coefficient (Wildman–Crippen LogP) is -0.408. The van der Waals surface area contributed by atoms with Gasteiger partial charge in [0.15, 0.2) is 18.4 Å². The zero-order chi connectivity index (χ0) is 38.6. The Morgan fingerprint density at radius 2 is 1.37 bits per heavy atom. The minimum atomic E-state index is -1.61. The Morgan fingerprint density at radius 3 is 1.96 bits per heavy atom. The molecule has 4 saturated carbocycles. The zero-order valence-electron chi connectivity index (χ0n) is 31.8. The molecule has 4 aliphatic carbocycles. The highest BCUT2D eigenvalue weighted by Crippen LogP contribution is 2.71. The topological polar surface area (TPSA) is 234 Å². The fourth-order valence-electron chi connectivity index (χ4n) is 12.9. The van der Waals surface area contributed by atoms with Crippen molar-refractivity contribution in [3.05, 3.63) is 0 Å². The first-order valence-corrected chi connectivity index (χ1v) is 20.3. The van der Waals surface area contributed by atoms with Gasteiger partial charge in [0, 0.05) is 30.1 Å².